The van der Waals surface area contributed by atoms with E-state index in [0.717, 1.165) is 11.4 Å². The van der Waals surface area contributed by atoms with Crippen LogP contribution < -0.4 is 9.64 Å². The Morgan fingerprint density at radius 1 is 1.07 bits per heavy atom. The van der Waals surface area contributed by atoms with Gasteiger partial charge in [-0.1, -0.05) is 36.4 Å². The molecule has 0 radical (unpaired) electrons. The van der Waals surface area contributed by atoms with Crippen molar-refractivity contribution in [1.82, 2.24) is 9.88 Å². The predicted molar refractivity (Wildman–Crippen MR) is 110 cm³/mol. The topological polar surface area (TPSA) is 69.5 Å². The zero-order valence-corrected chi connectivity index (χ0v) is 15.8. The van der Waals surface area contributed by atoms with E-state index in [1.54, 1.807) is 28.1 Å². The van der Waals surface area contributed by atoms with Crippen LogP contribution in [-0.4, -0.2) is 35.1 Å². The number of para-hydroxylation sites is 2. The van der Waals surface area contributed by atoms with E-state index >= 15 is 0 Å². The first-order valence-corrected chi connectivity index (χ1v) is 9.46. The average Bonchev–Trinajstić information content (AvgIpc) is 3.24. The van der Waals surface area contributed by atoms with Crippen LogP contribution in [0.1, 0.15) is 12.0 Å². The fourth-order valence-corrected chi connectivity index (χ4v) is 3.38. The van der Waals surface area contributed by atoms with Crippen molar-refractivity contribution in [2.45, 2.75) is 12.5 Å². The number of aromatic nitrogens is 1. The number of rotatable bonds is 4. The lowest BCUT2D eigenvalue weighted by Gasteiger charge is -2.28. The van der Waals surface area contributed by atoms with Crippen LogP contribution in [0.25, 0.3) is 0 Å². The maximum Gasteiger partial charge on any atom is 0.329 e. The second-order valence-electron chi connectivity index (χ2n) is 6.76. The van der Waals surface area contributed by atoms with Crippen molar-refractivity contribution in [3.63, 3.8) is 0 Å². The van der Waals surface area contributed by atoms with Crippen LogP contribution in [0, 0.1) is 11.3 Å². The van der Waals surface area contributed by atoms with Crippen molar-refractivity contribution in [2.24, 2.45) is 0 Å². The number of carbonyl (C=O) groups is 1. The minimum atomic E-state index is -0.159. The third-order valence-electron chi connectivity index (χ3n) is 4.79. The zero-order chi connectivity index (χ0) is 20.1. The van der Waals surface area contributed by atoms with Crippen LogP contribution in [0.4, 0.5) is 16.2 Å². The second kappa shape index (κ2) is 8.44. The maximum absolute atomic E-state index is 13.4. The fourth-order valence-electron chi connectivity index (χ4n) is 3.38. The summed E-state index contributed by atoms with van der Waals surface area (Å²) in [6.07, 6.45) is 2.11. The minimum absolute atomic E-state index is 0.0905. The predicted octanol–water partition coefficient (Wildman–Crippen LogP) is 4.36. The smallest absolute Gasteiger partial charge is 0.329 e. The maximum atomic E-state index is 13.4. The van der Waals surface area contributed by atoms with Crippen molar-refractivity contribution in [1.29, 1.82) is 5.26 Å². The van der Waals surface area contributed by atoms with Gasteiger partial charge in [0.15, 0.2) is 0 Å². The van der Waals surface area contributed by atoms with E-state index in [2.05, 4.69) is 11.1 Å². The van der Waals surface area contributed by atoms with E-state index in [1.807, 2.05) is 60.7 Å². The molecule has 0 saturated carbocycles. The van der Waals surface area contributed by atoms with Gasteiger partial charge in [-0.2, -0.15) is 5.26 Å². The number of anilines is 2. The summed E-state index contributed by atoms with van der Waals surface area (Å²) in [5, 5.41) is 9.02. The van der Waals surface area contributed by atoms with Crippen molar-refractivity contribution in [3.8, 4) is 11.9 Å². The molecule has 1 aliphatic heterocycles. The number of amides is 2. The third kappa shape index (κ3) is 4.19. The highest BCUT2D eigenvalue weighted by molar-refractivity contribution is 5.99. The standard InChI is InChI=1S/C23H20N4O2/c24-16-18-11-13-25-22(15-18)29-21-12-14-26(17-21)23(28)27(19-7-3-1-4-8-19)20-9-5-2-6-10-20/h1-11,13,15,21H,12,14,17H2. The summed E-state index contributed by atoms with van der Waals surface area (Å²) in [5.41, 5.74) is 2.13. The number of ether oxygens (including phenoxy) is 1. The van der Waals surface area contributed by atoms with Crippen molar-refractivity contribution < 1.29 is 9.53 Å². The summed E-state index contributed by atoms with van der Waals surface area (Å²) < 4.78 is 5.91. The highest BCUT2D eigenvalue weighted by Crippen LogP contribution is 2.28. The lowest BCUT2D eigenvalue weighted by Crippen LogP contribution is -2.40. The van der Waals surface area contributed by atoms with E-state index in [0.29, 0.717) is 31.0 Å². The van der Waals surface area contributed by atoms with Gasteiger partial charge in [-0.25, -0.2) is 9.78 Å². The number of nitrogens with zero attached hydrogens (tertiary/aromatic N) is 4. The van der Waals surface area contributed by atoms with Gasteiger partial charge in [-0.3, -0.25) is 4.90 Å². The summed E-state index contributed by atoms with van der Waals surface area (Å²) in [6, 6.07) is 24.5. The highest BCUT2D eigenvalue weighted by Gasteiger charge is 2.32. The Hall–Kier alpha value is -3.85. The van der Waals surface area contributed by atoms with Crippen LogP contribution in [-0.2, 0) is 0 Å². The number of carbonyl (C=O) groups excluding carboxylic acids is 1. The van der Waals surface area contributed by atoms with Gasteiger partial charge < -0.3 is 9.64 Å². The lowest BCUT2D eigenvalue weighted by molar-refractivity contribution is 0.188. The molecule has 1 aromatic heterocycles. The van der Waals surface area contributed by atoms with Gasteiger partial charge >= 0.3 is 6.03 Å². The van der Waals surface area contributed by atoms with E-state index in [-0.39, 0.29) is 12.1 Å². The quantitative estimate of drug-likeness (QED) is 0.670. The summed E-state index contributed by atoms with van der Waals surface area (Å²) in [7, 11) is 0. The summed E-state index contributed by atoms with van der Waals surface area (Å²) in [4.78, 5) is 21.1. The molecule has 1 aliphatic rings. The number of hydrogen-bond acceptors (Lipinski definition) is 4. The highest BCUT2D eigenvalue weighted by atomic mass is 16.5. The molecular weight excluding hydrogens is 364 g/mol. The van der Waals surface area contributed by atoms with Crippen LogP contribution >= 0.6 is 0 Å². The summed E-state index contributed by atoms with van der Waals surface area (Å²) in [6.45, 7) is 1.06. The lowest BCUT2D eigenvalue weighted by atomic mass is 10.2. The first-order valence-electron chi connectivity index (χ1n) is 9.46. The summed E-state index contributed by atoms with van der Waals surface area (Å²) in [5.74, 6) is 0.409. The number of likely N-dealkylation sites (tertiary alicyclic amines) is 1. The van der Waals surface area contributed by atoms with Gasteiger partial charge in [-0.05, 0) is 30.3 Å². The largest absolute Gasteiger partial charge is 0.472 e. The molecule has 0 spiro atoms. The van der Waals surface area contributed by atoms with Crippen molar-refractivity contribution >= 4 is 17.4 Å². The first kappa shape index (κ1) is 18.5. The van der Waals surface area contributed by atoms with Crippen LogP contribution in [0.2, 0.25) is 0 Å². The molecule has 0 bridgehead atoms. The molecule has 2 heterocycles. The Kier molecular flexibility index (Phi) is 5.39. The molecule has 1 fully saturated rings. The minimum Gasteiger partial charge on any atom is -0.472 e. The molecule has 3 aromatic rings. The number of nitriles is 1. The molecular formula is C23H20N4O2. The molecule has 144 valence electrons. The Bertz CT molecular complexity index is 978. The van der Waals surface area contributed by atoms with Crippen LogP contribution in [0.5, 0.6) is 5.88 Å². The Morgan fingerprint density at radius 3 is 2.34 bits per heavy atom. The van der Waals surface area contributed by atoms with Gasteiger partial charge in [0.25, 0.3) is 0 Å². The number of benzene rings is 2. The molecule has 0 N–H and O–H groups in total. The molecule has 1 saturated heterocycles. The second-order valence-corrected chi connectivity index (χ2v) is 6.76. The number of hydrogen-bond donors (Lipinski definition) is 0. The molecule has 2 amide bonds. The molecule has 1 atom stereocenters. The molecule has 2 aromatic carbocycles. The van der Waals surface area contributed by atoms with Crippen LogP contribution in [0.3, 0.4) is 0 Å². The van der Waals surface area contributed by atoms with E-state index < -0.39 is 0 Å². The van der Waals surface area contributed by atoms with Crippen LogP contribution in [0.15, 0.2) is 79.0 Å². The molecule has 1 unspecified atom stereocenters. The Balaban J connectivity index is 1.51. The van der Waals surface area contributed by atoms with Crippen molar-refractivity contribution in [3.05, 3.63) is 84.6 Å². The van der Waals surface area contributed by atoms with Gasteiger partial charge in [-0.15, -0.1) is 0 Å². The number of urea groups is 1. The molecule has 29 heavy (non-hydrogen) atoms. The van der Waals surface area contributed by atoms with Gasteiger partial charge in [0.2, 0.25) is 5.88 Å². The van der Waals surface area contributed by atoms with Gasteiger partial charge in [0.05, 0.1) is 29.6 Å². The zero-order valence-electron chi connectivity index (χ0n) is 15.8. The molecule has 0 aliphatic carbocycles. The third-order valence-corrected chi connectivity index (χ3v) is 4.79. The monoisotopic (exact) mass is 384 g/mol. The SMILES string of the molecule is N#Cc1ccnc(OC2CCN(C(=O)N(c3ccccc3)c3ccccc3)C2)c1. The Morgan fingerprint density at radius 2 is 1.72 bits per heavy atom. The average molecular weight is 384 g/mol. The van der Waals surface area contributed by atoms with Gasteiger partial charge in [0.1, 0.15) is 6.10 Å². The van der Waals surface area contributed by atoms with Crippen molar-refractivity contribution in [2.75, 3.05) is 18.0 Å². The van der Waals surface area contributed by atoms with E-state index in [4.69, 9.17) is 10.00 Å². The molecule has 4 rings (SSSR count). The summed E-state index contributed by atoms with van der Waals surface area (Å²) >= 11 is 0. The fraction of sp³-hybridized carbons (Fsp3) is 0.174. The number of pyridine rings is 1. The molecule has 6 nitrogen and oxygen atoms in total. The van der Waals surface area contributed by atoms with E-state index in [9.17, 15) is 4.79 Å². The normalized spacial score (nSPS) is 15.6. The first-order chi connectivity index (χ1) is 14.2. The molecule has 6 heteroatoms. The van der Waals surface area contributed by atoms with Gasteiger partial charge in [0, 0.05) is 25.2 Å². The Labute approximate surface area is 169 Å². The van der Waals surface area contributed by atoms with E-state index in [1.165, 1.54) is 0 Å².